The van der Waals surface area contributed by atoms with Gasteiger partial charge in [0.1, 0.15) is 6.61 Å². The Morgan fingerprint density at radius 1 is 1.30 bits per heavy atom. The molecule has 1 aromatic heterocycles. The first-order valence-corrected chi connectivity index (χ1v) is 7.49. The van der Waals surface area contributed by atoms with Crippen LogP contribution in [-0.2, 0) is 6.61 Å². The van der Waals surface area contributed by atoms with Gasteiger partial charge in [-0.1, -0.05) is 5.16 Å². The molecule has 106 valence electrons. The number of ether oxygens (including phenoxy) is 2. The summed E-state index contributed by atoms with van der Waals surface area (Å²) in [5.41, 5.74) is 1.31. The van der Waals surface area contributed by atoms with Gasteiger partial charge in [0.2, 0.25) is 0 Å². The van der Waals surface area contributed by atoms with Gasteiger partial charge in [0, 0.05) is 10.4 Å². The maximum absolute atomic E-state index is 8.79. The number of nitrogens with zero attached hydrogens (tertiary/aromatic N) is 1. The van der Waals surface area contributed by atoms with Crippen LogP contribution in [0.2, 0.25) is 0 Å². The lowest BCUT2D eigenvalue weighted by Crippen LogP contribution is -1.99. The van der Waals surface area contributed by atoms with E-state index in [0.717, 1.165) is 14.2 Å². The van der Waals surface area contributed by atoms with E-state index in [2.05, 4.69) is 21.1 Å². The normalized spacial score (nSPS) is 11.4. The van der Waals surface area contributed by atoms with Crippen LogP contribution < -0.4 is 9.47 Å². The molecule has 1 heterocycles. The lowest BCUT2D eigenvalue weighted by Gasteiger charge is -2.11. The zero-order chi connectivity index (χ0) is 14.5. The molecule has 20 heavy (non-hydrogen) atoms. The zero-order valence-electron chi connectivity index (χ0n) is 11.1. The van der Waals surface area contributed by atoms with Crippen LogP contribution >= 0.6 is 27.3 Å². The fourth-order valence-corrected chi connectivity index (χ4v) is 3.04. The minimum Gasteiger partial charge on any atom is -0.493 e. The summed E-state index contributed by atoms with van der Waals surface area (Å²) in [6.45, 7) is 2.21. The molecule has 0 fully saturated rings. The van der Waals surface area contributed by atoms with Crippen molar-refractivity contribution in [1.29, 1.82) is 0 Å². The minimum atomic E-state index is 0.485. The molecule has 0 radical (unpaired) electrons. The molecule has 0 atom stereocenters. The molecule has 0 spiro atoms. The van der Waals surface area contributed by atoms with Crippen LogP contribution in [0.5, 0.6) is 11.5 Å². The van der Waals surface area contributed by atoms with Gasteiger partial charge in [-0.2, -0.15) is 0 Å². The van der Waals surface area contributed by atoms with E-state index < -0.39 is 0 Å². The Bertz CT molecular complexity index is 625. The van der Waals surface area contributed by atoms with Crippen molar-refractivity contribution in [2.45, 2.75) is 13.5 Å². The lowest BCUT2D eigenvalue weighted by atomic mass is 10.1. The number of hydrogen-bond acceptors (Lipinski definition) is 5. The quantitative estimate of drug-likeness (QED) is 0.494. The van der Waals surface area contributed by atoms with Crippen LogP contribution in [-0.4, -0.2) is 18.0 Å². The molecule has 0 aliphatic rings. The SMILES string of the molecule is COc1cc(/C(C)=N/O)ccc1OCc1ccc(Br)s1. The number of methoxy groups -OCH3 is 1. The van der Waals surface area contributed by atoms with E-state index in [0.29, 0.717) is 23.8 Å². The first-order chi connectivity index (χ1) is 9.63. The highest BCUT2D eigenvalue weighted by Gasteiger charge is 2.08. The second-order valence-corrected chi connectivity index (χ2v) is 6.59. The molecular formula is C14H14BrNO3S. The van der Waals surface area contributed by atoms with Crippen LogP contribution in [0.1, 0.15) is 17.4 Å². The van der Waals surface area contributed by atoms with Gasteiger partial charge in [-0.3, -0.25) is 0 Å². The van der Waals surface area contributed by atoms with Gasteiger partial charge in [-0.25, -0.2) is 0 Å². The minimum absolute atomic E-state index is 0.485. The lowest BCUT2D eigenvalue weighted by molar-refractivity contribution is 0.287. The Balaban J connectivity index is 2.15. The monoisotopic (exact) mass is 355 g/mol. The van der Waals surface area contributed by atoms with Crippen molar-refractivity contribution in [3.05, 3.63) is 44.6 Å². The third-order valence-corrected chi connectivity index (χ3v) is 4.33. The number of oxime groups is 1. The van der Waals surface area contributed by atoms with E-state index in [1.165, 1.54) is 0 Å². The molecule has 0 aliphatic carbocycles. The van der Waals surface area contributed by atoms with Crippen LogP contribution in [0, 0.1) is 0 Å². The van der Waals surface area contributed by atoms with Gasteiger partial charge in [-0.05, 0) is 53.2 Å². The predicted octanol–water partition coefficient (Wildman–Crippen LogP) is 4.30. The van der Waals surface area contributed by atoms with Crippen molar-refractivity contribution in [1.82, 2.24) is 0 Å². The fourth-order valence-electron chi connectivity index (χ4n) is 1.65. The fraction of sp³-hybridized carbons (Fsp3) is 0.214. The average molecular weight is 356 g/mol. The first kappa shape index (κ1) is 14.9. The Labute approximate surface area is 129 Å². The molecule has 6 heteroatoms. The molecule has 4 nitrogen and oxygen atoms in total. The third kappa shape index (κ3) is 3.52. The largest absolute Gasteiger partial charge is 0.493 e. The Kier molecular flexibility index (Phi) is 5.03. The Hall–Kier alpha value is -1.53. The van der Waals surface area contributed by atoms with Gasteiger partial charge in [-0.15, -0.1) is 11.3 Å². The second kappa shape index (κ2) is 6.76. The number of thiophene rings is 1. The van der Waals surface area contributed by atoms with Crippen LogP contribution in [0.3, 0.4) is 0 Å². The number of benzene rings is 1. The average Bonchev–Trinajstić information content (AvgIpc) is 2.89. The van der Waals surface area contributed by atoms with Gasteiger partial charge in [0.05, 0.1) is 16.6 Å². The molecule has 0 saturated carbocycles. The zero-order valence-corrected chi connectivity index (χ0v) is 13.5. The van der Waals surface area contributed by atoms with Crippen LogP contribution in [0.25, 0.3) is 0 Å². The van der Waals surface area contributed by atoms with E-state index in [1.54, 1.807) is 31.4 Å². The highest BCUT2D eigenvalue weighted by atomic mass is 79.9. The van der Waals surface area contributed by atoms with Gasteiger partial charge < -0.3 is 14.7 Å². The standard InChI is InChI=1S/C14H14BrNO3S/c1-9(16-17)10-3-5-12(13(7-10)18-2)19-8-11-4-6-14(15)20-11/h3-7,17H,8H2,1-2H3/b16-9+. The number of hydrogen-bond donors (Lipinski definition) is 1. The number of halogens is 1. The van der Waals surface area contributed by atoms with Crippen molar-refractivity contribution < 1.29 is 14.7 Å². The summed E-state index contributed by atoms with van der Waals surface area (Å²) in [6.07, 6.45) is 0. The summed E-state index contributed by atoms with van der Waals surface area (Å²) >= 11 is 5.05. The molecule has 0 bridgehead atoms. The first-order valence-electron chi connectivity index (χ1n) is 5.88. The van der Waals surface area contributed by atoms with Crippen molar-refractivity contribution in [2.75, 3.05) is 7.11 Å². The molecule has 0 saturated heterocycles. The topological polar surface area (TPSA) is 51.0 Å². The maximum atomic E-state index is 8.79. The molecule has 2 aromatic rings. The van der Waals surface area contributed by atoms with Gasteiger partial charge in [0.25, 0.3) is 0 Å². The van der Waals surface area contributed by atoms with E-state index in [1.807, 2.05) is 24.3 Å². The highest BCUT2D eigenvalue weighted by Crippen LogP contribution is 2.30. The van der Waals surface area contributed by atoms with Crippen LogP contribution in [0.4, 0.5) is 0 Å². The van der Waals surface area contributed by atoms with E-state index >= 15 is 0 Å². The summed E-state index contributed by atoms with van der Waals surface area (Å²) in [5, 5.41) is 12.0. The summed E-state index contributed by atoms with van der Waals surface area (Å²) in [5.74, 6) is 1.27. The molecule has 0 aliphatic heterocycles. The van der Waals surface area contributed by atoms with Crippen molar-refractivity contribution in [2.24, 2.45) is 5.16 Å². The summed E-state index contributed by atoms with van der Waals surface area (Å²) < 4.78 is 12.1. The number of rotatable bonds is 5. The summed E-state index contributed by atoms with van der Waals surface area (Å²) in [6, 6.07) is 9.43. The second-order valence-electron chi connectivity index (χ2n) is 4.05. The van der Waals surface area contributed by atoms with Gasteiger partial charge >= 0.3 is 0 Å². The molecule has 0 amide bonds. The molecule has 1 N–H and O–H groups in total. The summed E-state index contributed by atoms with van der Waals surface area (Å²) in [7, 11) is 1.58. The van der Waals surface area contributed by atoms with E-state index in [-0.39, 0.29) is 0 Å². The van der Waals surface area contributed by atoms with Gasteiger partial charge in [0.15, 0.2) is 11.5 Å². The smallest absolute Gasteiger partial charge is 0.161 e. The molecule has 0 unspecified atom stereocenters. The Morgan fingerprint density at radius 2 is 2.10 bits per heavy atom. The highest BCUT2D eigenvalue weighted by molar-refractivity contribution is 9.11. The summed E-state index contributed by atoms with van der Waals surface area (Å²) in [4.78, 5) is 1.12. The van der Waals surface area contributed by atoms with Crippen molar-refractivity contribution in [3.63, 3.8) is 0 Å². The molecule has 1 aromatic carbocycles. The maximum Gasteiger partial charge on any atom is 0.161 e. The van der Waals surface area contributed by atoms with E-state index in [9.17, 15) is 0 Å². The third-order valence-electron chi connectivity index (χ3n) is 2.73. The van der Waals surface area contributed by atoms with Crippen molar-refractivity contribution >= 4 is 33.0 Å². The van der Waals surface area contributed by atoms with Crippen molar-refractivity contribution in [3.8, 4) is 11.5 Å². The molecule has 2 rings (SSSR count). The molecular weight excluding hydrogens is 342 g/mol. The van der Waals surface area contributed by atoms with E-state index in [4.69, 9.17) is 14.7 Å². The van der Waals surface area contributed by atoms with Crippen LogP contribution in [0.15, 0.2) is 39.3 Å². The predicted molar refractivity (Wildman–Crippen MR) is 83.3 cm³/mol. The Morgan fingerprint density at radius 3 is 2.70 bits per heavy atom.